The van der Waals surface area contributed by atoms with Crippen molar-refractivity contribution in [1.82, 2.24) is 9.47 Å². The van der Waals surface area contributed by atoms with Gasteiger partial charge in [-0.15, -0.1) is 6.42 Å². The van der Waals surface area contributed by atoms with Crippen molar-refractivity contribution in [2.45, 2.75) is 26.8 Å². The van der Waals surface area contributed by atoms with Gasteiger partial charge in [-0.1, -0.05) is 28.9 Å². The lowest BCUT2D eigenvalue weighted by molar-refractivity contribution is -0.127. The Kier molecular flexibility index (Phi) is 9.66. The summed E-state index contributed by atoms with van der Waals surface area (Å²) < 4.78 is 24.1. The molecule has 0 fully saturated rings. The zero-order valence-corrected chi connectivity index (χ0v) is 25.9. The molecule has 220 valence electrons. The lowest BCUT2D eigenvalue weighted by atomic mass is 9.93. The number of rotatable bonds is 10. The van der Waals surface area contributed by atoms with Crippen LogP contribution in [0.15, 0.2) is 51.4 Å². The molecule has 0 aliphatic carbocycles. The molecule has 0 saturated heterocycles. The Morgan fingerprint density at radius 2 is 1.86 bits per heavy atom. The maximum Gasteiger partial charge on any atom is 0.271 e. The van der Waals surface area contributed by atoms with Crippen molar-refractivity contribution in [3.63, 3.8) is 0 Å². The van der Waals surface area contributed by atoms with Crippen LogP contribution in [0.5, 0.6) is 23.0 Å². The van der Waals surface area contributed by atoms with Crippen LogP contribution in [0.2, 0.25) is 5.02 Å². The third-order valence-corrected chi connectivity index (χ3v) is 8.15. The van der Waals surface area contributed by atoms with E-state index in [4.69, 9.17) is 42.0 Å². The maximum absolute atomic E-state index is 14.1. The molecule has 0 spiro atoms. The highest BCUT2D eigenvalue weighted by Crippen LogP contribution is 2.39. The van der Waals surface area contributed by atoms with Gasteiger partial charge in [0.25, 0.3) is 11.5 Å². The number of fused-ring (bicyclic) bond motifs is 1. The molecule has 0 bridgehead atoms. The quantitative estimate of drug-likeness (QED) is 0.325. The average molecular weight is 610 g/mol. The van der Waals surface area contributed by atoms with Crippen molar-refractivity contribution in [3.05, 3.63) is 77.4 Å². The summed E-state index contributed by atoms with van der Waals surface area (Å²) in [4.78, 5) is 34.9. The first-order valence-electron chi connectivity index (χ1n) is 13.2. The van der Waals surface area contributed by atoms with E-state index in [9.17, 15) is 9.59 Å². The van der Waals surface area contributed by atoms with E-state index < -0.39 is 6.04 Å². The van der Waals surface area contributed by atoms with E-state index in [1.54, 1.807) is 67.0 Å². The highest BCUT2D eigenvalue weighted by Gasteiger charge is 2.36. The Balaban J connectivity index is 1.98. The van der Waals surface area contributed by atoms with Crippen LogP contribution < -0.4 is 33.8 Å². The number of aromatic nitrogens is 1. The predicted molar refractivity (Wildman–Crippen MR) is 164 cm³/mol. The van der Waals surface area contributed by atoms with Crippen LogP contribution in [0, 0.1) is 12.3 Å². The third kappa shape index (κ3) is 5.75. The first-order chi connectivity index (χ1) is 20.2. The summed E-state index contributed by atoms with van der Waals surface area (Å²) in [5, 5.41) is 0.283. The molecule has 11 heteroatoms. The second-order valence-electron chi connectivity index (χ2n) is 9.19. The van der Waals surface area contributed by atoms with Crippen LogP contribution in [0.25, 0.3) is 6.08 Å². The summed E-state index contributed by atoms with van der Waals surface area (Å²) in [5.41, 5.74) is 1.81. The Labute approximate surface area is 253 Å². The summed E-state index contributed by atoms with van der Waals surface area (Å²) in [7, 11) is 4.60. The molecule has 9 nitrogen and oxygen atoms in total. The molecular formula is C31H32ClN3O6S. The van der Waals surface area contributed by atoms with Crippen molar-refractivity contribution in [2.75, 3.05) is 41.0 Å². The predicted octanol–water partition coefficient (Wildman–Crippen LogP) is 3.79. The van der Waals surface area contributed by atoms with Crippen LogP contribution in [-0.2, 0) is 4.79 Å². The van der Waals surface area contributed by atoms with Gasteiger partial charge < -0.3 is 23.8 Å². The molecule has 3 aromatic rings. The summed E-state index contributed by atoms with van der Waals surface area (Å²) in [6, 6.07) is 7.88. The Hall–Kier alpha value is -4.20. The van der Waals surface area contributed by atoms with Gasteiger partial charge in [0.1, 0.15) is 24.1 Å². The van der Waals surface area contributed by atoms with Crippen LogP contribution in [0.4, 0.5) is 0 Å². The van der Waals surface area contributed by atoms with Crippen LogP contribution >= 0.6 is 22.9 Å². The normalized spacial score (nSPS) is 14.5. The van der Waals surface area contributed by atoms with Gasteiger partial charge in [0.2, 0.25) is 0 Å². The number of amides is 1. The smallest absolute Gasteiger partial charge is 0.271 e. The average Bonchev–Trinajstić information content (AvgIpc) is 3.29. The minimum absolute atomic E-state index is 0.0235. The van der Waals surface area contributed by atoms with Crippen molar-refractivity contribution in [1.29, 1.82) is 0 Å². The molecule has 42 heavy (non-hydrogen) atoms. The molecule has 1 aliphatic heterocycles. The Bertz CT molecular complexity index is 1760. The van der Waals surface area contributed by atoms with Gasteiger partial charge in [-0.3, -0.25) is 14.2 Å². The lowest BCUT2D eigenvalue weighted by Crippen LogP contribution is -2.43. The van der Waals surface area contributed by atoms with Crippen molar-refractivity contribution in [3.8, 4) is 35.3 Å². The number of carbonyl (C=O) groups is 1. The first kappa shape index (κ1) is 30.8. The van der Waals surface area contributed by atoms with Gasteiger partial charge >= 0.3 is 0 Å². The first-order valence-corrected chi connectivity index (χ1v) is 14.4. The lowest BCUT2D eigenvalue weighted by Gasteiger charge is -2.30. The second kappa shape index (κ2) is 13.2. The minimum atomic E-state index is -0.806. The zero-order chi connectivity index (χ0) is 30.6. The fraction of sp³-hybridized carbons (Fsp3) is 0.323. The van der Waals surface area contributed by atoms with E-state index in [-0.39, 0.29) is 23.1 Å². The number of likely N-dealkylation sites (N-methyl/N-ethyl adjacent to an activating group) is 1. The Morgan fingerprint density at radius 1 is 1.14 bits per heavy atom. The molecular weight excluding hydrogens is 578 g/mol. The monoisotopic (exact) mass is 609 g/mol. The molecule has 0 unspecified atom stereocenters. The second-order valence-corrected chi connectivity index (χ2v) is 10.6. The van der Waals surface area contributed by atoms with E-state index in [1.165, 1.54) is 18.4 Å². The van der Waals surface area contributed by atoms with Gasteiger partial charge in [-0.2, -0.15) is 0 Å². The minimum Gasteiger partial charge on any atom is -0.497 e. The zero-order valence-electron chi connectivity index (χ0n) is 24.3. The van der Waals surface area contributed by atoms with Crippen molar-refractivity contribution >= 4 is 34.9 Å². The number of nitrogens with zero attached hydrogens (tertiary/aromatic N) is 3. The molecule has 1 amide bonds. The largest absolute Gasteiger partial charge is 0.497 e. The van der Waals surface area contributed by atoms with E-state index in [2.05, 4.69) is 5.92 Å². The van der Waals surface area contributed by atoms with Crippen molar-refractivity contribution in [2.24, 2.45) is 4.99 Å². The highest BCUT2D eigenvalue weighted by molar-refractivity contribution is 7.07. The van der Waals surface area contributed by atoms with Crippen LogP contribution in [-0.4, -0.2) is 56.4 Å². The number of hydrogen-bond donors (Lipinski definition) is 0. The molecule has 1 atom stereocenters. The van der Waals surface area contributed by atoms with E-state index >= 15 is 0 Å². The van der Waals surface area contributed by atoms with Gasteiger partial charge in [0.05, 0.1) is 42.2 Å². The van der Waals surface area contributed by atoms with Gasteiger partial charge in [-0.25, -0.2) is 4.99 Å². The SMILES string of the molecule is C#CCOc1c(Cl)cc(/C=c2/sc3n(c2=O)[C@@H](c2cc(OC)ccc2OC)C(C(=O)N(CC)CC)=C(C)N=3)cc1OC. The van der Waals surface area contributed by atoms with Crippen LogP contribution in [0.3, 0.4) is 0 Å². The van der Waals surface area contributed by atoms with Gasteiger partial charge in [-0.05, 0) is 62.7 Å². The van der Waals surface area contributed by atoms with Gasteiger partial charge in [0, 0.05) is 18.7 Å². The van der Waals surface area contributed by atoms with Gasteiger partial charge in [0.15, 0.2) is 16.3 Å². The van der Waals surface area contributed by atoms with E-state index in [0.717, 1.165) is 0 Å². The summed E-state index contributed by atoms with van der Waals surface area (Å²) >= 11 is 7.69. The molecule has 0 N–H and O–H groups in total. The third-order valence-electron chi connectivity index (χ3n) is 6.88. The number of benzene rings is 2. The topological polar surface area (TPSA) is 91.6 Å². The maximum atomic E-state index is 14.1. The summed E-state index contributed by atoms with van der Waals surface area (Å²) in [6.45, 7) is 6.64. The summed E-state index contributed by atoms with van der Waals surface area (Å²) in [6.07, 6.45) is 7.02. The highest BCUT2D eigenvalue weighted by atomic mass is 35.5. The standard InChI is InChI=1S/C31H32ClN3O6S/c1-8-13-41-28-22(32)14-19(15-24(28)40-7)16-25-29(36)35-27(21-17-20(38-5)11-12-23(21)39-6)26(18(4)33-31(35)42-25)30(37)34(9-2)10-3/h1,11-12,14-17,27H,9-10,13H2,2-7H3/b25-16+/t27-/m0/s1. The van der Waals surface area contributed by atoms with Crippen LogP contribution in [0.1, 0.15) is 37.9 Å². The number of allylic oxidation sites excluding steroid dienone is 1. The fourth-order valence-electron chi connectivity index (χ4n) is 4.85. The molecule has 1 aliphatic rings. The molecule has 1 aromatic heterocycles. The summed E-state index contributed by atoms with van der Waals surface area (Å²) in [5.74, 6) is 3.96. The van der Waals surface area contributed by atoms with E-state index in [0.29, 0.717) is 67.8 Å². The van der Waals surface area contributed by atoms with Crippen molar-refractivity contribution < 1.29 is 23.7 Å². The molecule has 2 heterocycles. The number of methoxy groups -OCH3 is 3. The Morgan fingerprint density at radius 3 is 2.48 bits per heavy atom. The number of thiazole rings is 1. The molecule has 0 saturated carbocycles. The molecule has 2 aromatic carbocycles. The number of ether oxygens (including phenoxy) is 4. The fourth-order valence-corrected chi connectivity index (χ4v) is 6.17. The number of carbonyl (C=O) groups excluding carboxylic acids is 1. The number of hydrogen-bond acceptors (Lipinski definition) is 8. The van der Waals surface area contributed by atoms with E-state index in [1.807, 2.05) is 13.8 Å². The number of terminal acetylenes is 1. The molecule has 4 rings (SSSR count). The number of halogens is 1. The molecule has 0 radical (unpaired) electrons.